The molecule has 3 nitrogen and oxygen atoms in total. The van der Waals surface area contributed by atoms with Crippen LogP contribution >= 0.6 is 15.9 Å². The van der Waals surface area contributed by atoms with E-state index in [1.807, 2.05) is 0 Å². The summed E-state index contributed by atoms with van der Waals surface area (Å²) in [5.74, 6) is 0.793. The summed E-state index contributed by atoms with van der Waals surface area (Å²) in [6.07, 6.45) is 0. The Morgan fingerprint density at radius 2 is 2.00 bits per heavy atom. The number of hydrogen-bond donors (Lipinski definition) is 1. The zero-order chi connectivity index (χ0) is 13.8. The first-order valence-corrected chi connectivity index (χ1v) is 6.40. The maximum absolute atomic E-state index is 13.4. The van der Waals surface area contributed by atoms with Gasteiger partial charge in [-0.1, -0.05) is 12.1 Å². The molecule has 0 saturated heterocycles. The maximum Gasteiger partial charge on any atom is 0.163 e. The minimum absolute atomic E-state index is 0.220. The molecule has 0 spiro atoms. The number of nitrogens with two attached hydrogens (primary N) is 1. The standard InChI is InChI=1S/C14H13BrFNO2/c1-18-12-6-5-10(17)7-13(12)19-8-9-3-2-4-11(16)14(9)15/h2-7H,8,17H2,1H3. The van der Waals surface area contributed by atoms with Gasteiger partial charge in [-0.05, 0) is 34.1 Å². The molecule has 0 atom stereocenters. The Bertz CT molecular complexity index is 590. The summed E-state index contributed by atoms with van der Waals surface area (Å²) in [5, 5.41) is 0. The number of methoxy groups -OCH3 is 1. The molecule has 2 N–H and O–H groups in total. The topological polar surface area (TPSA) is 44.5 Å². The van der Waals surface area contributed by atoms with Crippen LogP contribution in [-0.4, -0.2) is 7.11 Å². The van der Waals surface area contributed by atoms with E-state index in [9.17, 15) is 4.39 Å². The van der Waals surface area contributed by atoms with Crippen molar-refractivity contribution >= 4 is 21.6 Å². The van der Waals surface area contributed by atoms with Crippen LogP contribution in [0.15, 0.2) is 40.9 Å². The third kappa shape index (κ3) is 3.17. The van der Waals surface area contributed by atoms with E-state index in [4.69, 9.17) is 15.2 Å². The van der Waals surface area contributed by atoms with Gasteiger partial charge in [0.1, 0.15) is 12.4 Å². The Balaban J connectivity index is 2.18. The molecule has 0 aromatic heterocycles. The lowest BCUT2D eigenvalue weighted by Crippen LogP contribution is -2.00. The summed E-state index contributed by atoms with van der Waals surface area (Å²) >= 11 is 3.19. The molecule has 0 fully saturated rings. The summed E-state index contributed by atoms with van der Waals surface area (Å²) in [6.45, 7) is 0.220. The fraction of sp³-hybridized carbons (Fsp3) is 0.143. The first-order valence-electron chi connectivity index (χ1n) is 5.61. The molecule has 0 aliphatic rings. The second-order valence-electron chi connectivity index (χ2n) is 3.91. The number of halogens is 2. The van der Waals surface area contributed by atoms with Crippen molar-refractivity contribution in [2.24, 2.45) is 0 Å². The predicted octanol–water partition coefficient (Wildman–Crippen LogP) is 3.76. The fourth-order valence-electron chi connectivity index (χ4n) is 1.62. The molecule has 0 saturated carbocycles. The molecule has 0 aliphatic carbocycles. The van der Waals surface area contributed by atoms with Crippen LogP contribution in [0.4, 0.5) is 10.1 Å². The van der Waals surface area contributed by atoms with Crippen LogP contribution in [0, 0.1) is 5.82 Å². The van der Waals surface area contributed by atoms with Gasteiger partial charge in [-0.2, -0.15) is 0 Å². The van der Waals surface area contributed by atoms with Gasteiger partial charge in [-0.15, -0.1) is 0 Å². The van der Waals surface area contributed by atoms with E-state index in [0.29, 0.717) is 27.2 Å². The highest BCUT2D eigenvalue weighted by atomic mass is 79.9. The van der Waals surface area contributed by atoms with Crippen molar-refractivity contribution in [2.75, 3.05) is 12.8 Å². The van der Waals surface area contributed by atoms with Crippen molar-refractivity contribution in [3.63, 3.8) is 0 Å². The molecule has 0 bridgehead atoms. The van der Waals surface area contributed by atoms with E-state index in [-0.39, 0.29) is 12.4 Å². The third-order valence-corrected chi connectivity index (χ3v) is 3.49. The predicted molar refractivity (Wildman–Crippen MR) is 75.8 cm³/mol. The van der Waals surface area contributed by atoms with Gasteiger partial charge in [0.25, 0.3) is 0 Å². The van der Waals surface area contributed by atoms with Gasteiger partial charge in [0, 0.05) is 17.3 Å². The summed E-state index contributed by atoms with van der Waals surface area (Å²) in [4.78, 5) is 0. The van der Waals surface area contributed by atoms with Crippen molar-refractivity contribution in [3.8, 4) is 11.5 Å². The highest BCUT2D eigenvalue weighted by molar-refractivity contribution is 9.10. The number of nitrogen functional groups attached to an aromatic ring is 1. The SMILES string of the molecule is COc1ccc(N)cc1OCc1cccc(F)c1Br. The maximum atomic E-state index is 13.4. The molecule has 19 heavy (non-hydrogen) atoms. The van der Waals surface area contributed by atoms with Gasteiger partial charge in [0.15, 0.2) is 11.5 Å². The molecule has 0 amide bonds. The van der Waals surface area contributed by atoms with E-state index >= 15 is 0 Å². The van der Waals surface area contributed by atoms with Crippen molar-refractivity contribution in [3.05, 3.63) is 52.3 Å². The summed E-state index contributed by atoms with van der Waals surface area (Å²) in [7, 11) is 1.55. The van der Waals surface area contributed by atoms with Crippen molar-refractivity contribution in [1.29, 1.82) is 0 Å². The lowest BCUT2D eigenvalue weighted by Gasteiger charge is -2.12. The Morgan fingerprint density at radius 1 is 1.21 bits per heavy atom. The Labute approximate surface area is 119 Å². The smallest absolute Gasteiger partial charge is 0.163 e. The largest absolute Gasteiger partial charge is 0.493 e. The second-order valence-corrected chi connectivity index (χ2v) is 4.70. The van der Waals surface area contributed by atoms with E-state index in [2.05, 4.69) is 15.9 Å². The molecule has 0 aliphatic heterocycles. The zero-order valence-electron chi connectivity index (χ0n) is 10.3. The van der Waals surface area contributed by atoms with Crippen LogP contribution in [0.25, 0.3) is 0 Å². The first kappa shape index (κ1) is 13.7. The van der Waals surface area contributed by atoms with E-state index in [1.165, 1.54) is 6.07 Å². The van der Waals surface area contributed by atoms with Gasteiger partial charge >= 0.3 is 0 Å². The molecule has 100 valence electrons. The Kier molecular flexibility index (Phi) is 4.27. The number of ether oxygens (including phenoxy) is 2. The normalized spacial score (nSPS) is 10.3. The minimum Gasteiger partial charge on any atom is -0.493 e. The number of benzene rings is 2. The van der Waals surface area contributed by atoms with Gasteiger partial charge < -0.3 is 15.2 Å². The van der Waals surface area contributed by atoms with Crippen molar-refractivity contribution < 1.29 is 13.9 Å². The fourth-order valence-corrected chi connectivity index (χ4v) is 2.00. The van der Waals surface area contributed by atoms with Crippen LogP contribution in [0.5, 0.6) is 11.5 Å². The van der Waals surface area contributed by atoms with E-state index < -0.39 is 0 Å². The first-order chi connectivity index (χ1) is 9.11. The van der Waals surface area contributed by atoms with Crippen LogP contribution in [0.1, 0.15) is 5.56 Å². The van der Waals surface area contributed by atoms with Crippen LogP contribution in [-0.2, 0) is 6.61 Å². The van der Waals surface area contributed by atoms with Gasteiger partial charge in [0.2, 0.25) is 0 Å². The highest BCUT2D eigenvalue weighted by Crippen LogP contribution is 2.30. The highest BCUT2D eigenvalue weighted by Gasteiger charge is 2.08. The van der Waals surface area contributed by atoms with E-state index in [0.717, 1.165) is 0 Å². The molecule has 0 heterocycles. The average Bonchev–Trinajstić information content (AvgIpc) is 2.40. The van der Waals surface area contributed by atoms with Gasteiger partial charge in [0.05, 0.1) is 11.6 Å². The number of anilines is 1. The molecule has 0 unspecified atom stereocenters. The van der Waals surface area contributed by atoms with Crippen LogP contribution in [0.3, 0.4) is 0 Å². The zero-order valence-corrected chi connectivity index (χ0v) is 11.9. The molecule has 5 heteroatoms. The summed E-state index contributed by atoms with van der Waals surface area (Å²) < 4.78 is 24.6. The van der Waals surface area contributed by atoms with Gasteiger partial charge in [-0.25, -0.2) is 4.39 Å². The summed E-state index contributed by atoms with van der Waals surface area (Å²) in [5.41, 5.74) is 6.99. The average molecular weight is 326 g/mol. The molecule has 0 radical (unpaired) electrons. The van der Waals surface area contributed by atoms with Crippen LogP contribution in [0.2, 0.25) is 0 Å². The summed E-state index contributed by atoms with van der Waals surface area (Å²) in [6, 6.07) is 9.93. The number of rotatable bonds is 4. The van der Waals surface area contributed by atoms with Crippen LogP contribution < -0.4 is 15.2 Å². The molecule has 2 rings (SSSR count). The van der Waals surface area contributed by atoms with Crippen molar-refractivity contribution in [1.82, 2.24) is 0 Å². The lowest BCUT2D eigenvalue weighted by molar-refractivity contribution is 0.283. The Morgan fingerprint density at radius 3 is 2.74 bits per heavy atom. The van der Waals surface area contributed by atoms with Crippen molar-refractivity contribution in [2.45, 2.75) is 6.61 Å². The van der Waals surface area contributed by atoms with E-state index in [1.54, 1.807) is 37.4 Å². The molecular weight excluding hydrogens is 313 g/mol. The van der Waals surface area contributed by atoms with Gasteiger partial charge in [-0.3, -0.25) is 0 Å². The number of hydrogen-bond acceptors (Lipinski definition) is 3. The monoisotopic (exact) mass is 325 g/mol. The molecule has 2 aromatic rings. The molecule has 2 aromatic carbocycles. The molecular formula is C14H13BrFNO2. The quantitative estimate of drug-likeness (QED) is 0.870. The second kappa shape index (κ2) is 5.93. The minimum atomic E-state index is -0.319. The lowest BCUT2D eigenvalue weighted by atomic mass is 10.2. The Hall–Kier alpha value is -1.75. The third-order valence-electron chi connectivity index (χ3n) is 2.60.